The van der Waals surface area contributed by atoms with Gasteiger partial charge >= 0.3 is 0 Å². The Bertz CT molecular complexity index is 847. The van der Waals surface area contributed by atoms with Crippen molar-refractivity contribution in [3.8, 4) is 11.5 Å². The van der Waals surface area contributed by atoms with Crippen molar-refractivity contribution in [1.29, 1.82) is 0 Å². The van der Waals surface area contributed by atoms with Gasteiger partial charge in [-0.3, -0.25) is 9.78 Å². The van der Waals surface area contributed by atoms with Gasteiger partial charge in [0.15, 0.2) is 11.5 Å². The van der Waals surface area contributed by atoms with Gasteiger partial charge in [-0.2, -0.15) is 5.10 Å². The molecule has 0 fully saturated rings. The molecule has 0 spiro atoms. The van der Waals surface area contributed by atoms with Crippen LogP contribution in [0.15, 0.2) is 26.5 Å². The Hall–Kier alpha value is -2.35. The fourth-order valence-electron chi connectivity index (χ4n) is 2.03. The minimum Gasteiger partial charge on any atom is -0.493 e. The maximum Gasteiger partial charge on any atom is 0.255 e. The second kappa shape index (κ2) is 8.15. The average Bonchev–Trinajstić information content (AvgIpc) is 2.54. The van der Waals surface area contributed by atoms with Crippen LogP contribution in [0.4, 0.5) is 5.95 Å². The van der Waals surface area contributed by atoms with Crippen molar-refractivity contribution in [2.45, 2.75) is 33.8 Å². The number of aromatic nitrogens is 2. The van der Waals surface area contributed by atoms with E-state index in [-0.39, 0.29) is 17.6 Å². The monoisotopic (exact) mass is 408 g/mol. The number of hydrazone groups is 1. The van der Waals surface area contributed by atoms with Crippen LogP contribution in [0.25, 0.3) is 0 Å². The molecule has 0 aliphatic heterocycles. The third-order valence-electron chi connectivity index (χ3n) is 3.38. The number of H-pyrrole nitrogens is 1. The predicted octanol–water partition coefficient (Wildman–Crippen LogP) is 3.39. The molecule has 0 bridgehead atoms. The second-order valence-electron chi connectivity index (χ2n) is 5.70. The molecular weight excluding hydrogens is 388 g/mol. The number of halogens is 1. The van der Waals surface area contributed by atoms with E-state index in [0.29, 0.717) is 22.8 Å². The number of nitrogens with zero attached hydrogens (tertiary/aromatic N) is 2. The Morgan fingerprint density at radius 2 is 2.08 bits per heavy atom. The number of benzene rings is 1. The van der Waals surface area contributed by atoms with Crippen molar-refractivity contribution in [2.24, 2.45) is 5.10 Å². The summed E-state index contributed by atoms with van der Waals surface area (Å²) in [6, 6.07) is 3.67. The van der Waals surface area contributed by atoms with Crippen LogP contribution in [0.3, 0.4) is 0 Å². The molecule has 1 heterocycles. The van der Waals surface area contributed by atoms with Gasteiger partial charge in [-0.15, -0.1) is 0 Å². The number of rotatable bonds is 6. The van der Waals surface area contributed by atoms with E-state index in [1.165, 1.54) is 0 Å². The van der Waals surface area contributed by atoms with Gasteiger partial charge < -0.3 is 9.47 Å². The first kappa shape index (κ1) is 19.0. The molecule has 0 unspecified atom stereocenters. The largest absolute Gasteiger partial charge is 0.493 e. The normalized spacial score (nSPS) is 11.2. The summed E-state index contributed by atoms with van der Waals surface area (Å²) >= 11 is 3.48. The van der Waals surface area contributed by atoms with E-state index in [2.05, 4.69) is 36.4 Å². The molecule has 0 amide bonds. The number of methoxy groups -OCH3 is 1. The number of anilines is 1. The van der Waals surface area contributed by atoms with E-state index in [1.807, 2.05) is 26.0 Å². The van der Waals surface area contributed by atoms with Gasteiger partial charge in [0.05, 0.1) is 23.9 Å². The minimum atomic E-state index is -0.190. The van der Waals surface area contributed by atoms with Crippen molar-refractivity contribution < 1.29 is 9.47 Å². The molecule has 0 aliphatic rings. The summed E-state index contributed by atoms with van der Waals surface area (Å²) in [5, 5.41) is 4.11. The van der Waals surface area contributed by atoms with Crippen molar-refractivity contribution in [3.63, 3.8) is 0 Å². The number of hydrogen-bond donors (Lipinski definition) is 2. The zero-order valence-corrected chi connectivity index (χ0v) is 16.4. The summed E-state index contributed by atoms with van der Waals surface area (Å²) < 4.78 is 11.9. The third-order valence-corrected chi connectivity index (χ3v) is 3.97. The lowest BCUT2D eigenvalue weighted by Crippen LogP contribution is -2.15. The Balaban J connectivity index is 2.21. The summed E-state index contributed by atoms with van der Waals surface area (Å²) in [5.41, 5.74) is 4.56. The number of ether oxygens (including phenoxy) is 2. The van der Waals surface area contributed by atoms with Gasteiger partial charge in [-0.25, -0.2) is 10.4 Å². The maximum atomic E-state index is 11.7. The van der Waals surface area contributed by atoms with Gasteiger partial charge in [-0.05, 0) is 61.3 Å². The maximum absolute atomic E-state index is 11.7. The van der Waals surface area contributed by atoms with Crippen molar-refractivity contribution >= 4 is 28.1 Å². The SMILES string of the molecule is COc1cc(/C=N\Nc2nc(C)c(C)c(=O)[nH]2)cc(Br)c1OC(C)C. The van der Waals surface area contributed by atoms with Gasteiger partial charge in [0, 0.05) is 11.3 Å². The molecule has 0 atom stereocenters. The molecule has 1 aromatic heterocycles. The lowest BCUT2D eigenvalue weighted by atomic mass is 10.2. The highest BCUT2D eigenvalue weighted by molar-refractivity contribution is 9.10. The predicted molar refractivity (Wildman–Crippen MR) is 102 cm³/mol. The summed E-state index contributed by atoms with van der Waals surface area (Å²) in [4.78, 5) is 18.6. The highest BCUT2D eigenvalue weighted by Crippen LogP contribution is 2.36. The zero-order chi connectivity index (χ0) is 18.6. The molecule has 25 heavy (non-hydrogen) atoms. The fourth-order valence-corrected chi connectivity index (χ4v) is 2.58. The Kier molecular flexibility index (Phi) is 6.19. The van der Waals surface area contributed by atoms with Crippen LogP contribution in [0, 0.1) is 13.8 Å². The molecule has 0 saturated carbocycles. The topological polar surface area (TPSA) is 88.6 Å². The lowest BCUT2D eigenvalue weighted by Gasteiger charge is -2.15. The molecule has 7 nitrogen and oxygen atoms in total. The molecule has 2 rings (SSSR count). The van der Waals surface area contributed by atoms with Crippen LogP contribution in [0.2, 0.25) is 0 Å². The Labute approximate surface area is 154 Å². The first-order valence-electron chi connectivity index (χ1n) is 7.72. The molecule has 0 aliphatic carbocycles. The number of hydrogen-bond acceptors (Lipinski definition) is 6. The standard InChI is InChI=1S/C17H21BrN4O3/c1-9(2)25-15-13(18)6-12(7-14(15)24-5)8-19-22-17-20-11(4)10(3)16(23)21-17/h6-9H,1-5H3,(H2,20,21,22,23)/b19-8-. The lowest BCUT2D eigenvalue weighted by molar-refractivity contribution is 0.228. The summed E-state index contributed by atoms with van der Waals surface area (Å²) in [6.07, 6.45) is 1.63. The first-order chi connectivity index (χ1) is 11.8. The zero-order valence-electron chi connectivity index (χ0n) is 14.8. The molecular formula is C17H21BrN4O3. The Morgan fingerprint density at radius 3 is 2.68 bits per heavy atom. The summed E-state index contributed by atoms with van der Waals surface area (Å²) in [6.45, 7) is 7.39. The van der Waals surface area contributed by atoms with Crippen molar-refractivity contribution in [1.82, 2.24) is 9.97 Å². The van der Waals surface area contributed by atoms with E-state index in [0.717, 1.165) is 10.0 Å². The molecule has 8 heteroatoms. The molecule has 1 aromatic carbocycles. The van der Waals surface area contributed by atoms with E-state index >= 15 is 0 Å². The summed E-state index contributed by atoms with van der Waals surface area (Å²) in [5.74, 6) is 1.53. The van der Waals surface area contributed by atoms with Crippen molar-refractivity contribution in [3.05, 3.63) is 43.8 Å². The smallest absolute Gasteiger partial charge is 0.255 e. The van der Waals surface area contributed by atoms with Gasteiger partial charge in [-0.1, -0.05) is 0 Å². The van der Waals surface area contributed by atoms with E-state index in [9.17, 15) is 4.79 Å². The highest BCUT2D eigenvalue weighted by atomic mass is 79.9. The fraction of sp³-hybridized carbons (Fsp3) is 0.353. The van der Waals surface area contributed by atoms with Gasteiger partial charge in [0.25, 0.3) is 5.56 Å². The first-order valence-corrected chi connectivity index (χ1v) is 8.52. The summed E-state index contributed by atoms with van der Waals surface area (Å²) in [7, 11) is 1.58. The number of nitrogens with one attached hydrogen (secondary N) is 2. The van der Waals surface area contributed by atoms with E-state index < -0.39 is 0 Å². The van der Waals surface area contributed by atoms with Crippen LogP contribution in [0.5, 0.6) is 11.5 Å². The quantitative estimate of drug-likeness (QED) is 0.564. The van der Waals surface area contributed by atoms with E-state index in [1.54, 1.807) is 27.2 Å². The molecule has 0 saturated heterocycles. The van der Waals surface area contributed by atoms with Gasteiger partial charge in [0.2, 0.25) is 5.95 Å². The Morgan fingerprint density at radius 1 is 1.36 bits per heavy atom. The van der Waals surface area contributed by atoms with Gasteiger partial charge in [0.1, 0.15) is 0 Å². The van der Waals surface area contributed by atoms with Crippen LogP contribution in [-0.4, -0.2) is 29.4 Å². The molecule has 134 valence electrons. The second-order valence-corrected chi connectivity index (χ2v) is 6.55. The molecule has 0 radical (unpaired) electrons. The van der Waals surface area contributed by atoms with Crippen LogP contribution < -0.4 is 20.5 Å². The highest BCUT2D eigenvalue weighted by Gasteiger charge is 2.12. The van der Waals surface area contributed by atoms with Crippen molar-refractivity contribution in [2.75, 3.05) is 12.5 Å². The van der Waals surface area contributed by atoms with Crippen LogP contribution in [-0.2, 0) is 0 Å². The van der Waals surface area contributed by atoms with Crippen LogP contribution in [0.1, 0.15) is 30.7 Å². The number of aromatic amines is 1. The van der Waals surface area contributed by atoms with Crippen LogP contribution >= 0.6 is 15.9 Å². The molecule has 2 aromatic rings. The third kappa shape index (κ3) is 4.82. The molecule has 2 N–H and O–H groups in total. The minimum absolute atomic E-state index is 0.0269. The average molecular weight is 409 g/mol. The van der Waals surface area contributed by atoms with E-state index in [4.69, 9.17) is 9.47 Å². The number of aryl methyl sites for hydroxylation is 1.